The molecule has 1 N–H and O–H groups in total. The topological polar surface area (TPSA) is 73.2 Å². The lowest BCUT2D eigenvalue weighted by atomic mass is 10.1. The Labute approximate surface area is 190 Å². The SMILES string of the molecule is CC(NC(=O)COc1ccc(Cl)cc1)c1nc2ccccc2n1CC(=O)c1ccccc1. The van der Waals surface area contributed by atoms with E-state index in [4.69, 9.17) is 16.3 Å². The summed E-state index contributed by atoms with van der Waals surface area (Å²) in [6.45, 7) is 1.82. The number of carbonyl (C=O) groups is 2. The number of aromatic nitrogens is 2. The van der Waals surface area contributed by atoms with Gasteiger partial charge < -0.3 is 14.6 Å². The first-order chi connectivity index (χ1) is 15.5. The van der Waals surface area contributed by atoms with Gasteiger partial charge in [-0.05, 0) is 43.3 Å². The van der Waals surface area contributed by atoms with Crippen LogP contribution in [-0.2, 0) is 11.3 Å². The standard InChI is InChI=1S/C25H22ClN3O3/c1-17(27-24(31)16-32-20-13-11-19(26)12-14-20)25-28-21-9-5-6-10-22(21)29(25)15-23(30)18-7-3-2-4-8-18/h2-14,17H,15-16H2,1H3,(H,27,31). The summed E-state index contributed by atoms with van der Waals surface area (Å²) in [4.78, 5) is 30.0. The molecule has 0 aliphatic rings. The Hall–Kier alpha value is -3.64. The quantitative estimate of drug-likeness (QED) is 0.393. The molecule has 0 bridgehead atoms. The van der Waals surface area contributed by atoms with Crippen molar-refractivity contribution in [3.05, 3.63) is 95.3 Å². The van der Waals surface area contributed by atoms with Gasteiger partial charge in [0.2, 0.25) is 0 Å². The molecular formula is C25H22ClN3O3. The summed E-state index contributed by atoms with van der Waals surface area (Å²) in [7, 11) is 0. The monoisotopic (exact) mass is 447 g/mol. The number of hydrogen-bond acceptors (Lipinski definition) is 4. The van der Waals surface area contributed by atoms with Crippen molar-refractivity contribution in [1.82, 2.24) is 14.9 Å². The van der Waals surface area contributed by atoms with E-state index in [0.29, 0.717) is 22.2 Å². The first kappa shape index (κ1) is 21.6. The Kier molecular flexibility index (Phi) is 6.52. The van der Waals surface area contributed by atoms with Crippen molar-refractivity contribution in [2.24, 2.45) is 0 Å². The Bertz CT molecular complexity index is 1240. The number of rotatable bonds is 8. The number of benzene rings is 3. The summed E-state index contributed by atoms with van der Waals surface area (Å²) in [5, 5.41) is 3.50. The average Bonchev–Trinajstić information content (AvgIpc) is 3.18. The summed E-state index contributed by atoms with van der Waals surface area (Å²) in [6.07, 6.45) is 0. The van der Waals surface area contributed by atoms with E-state index in [0.717, 1.165) is 11.0 Å². The number of Topliss-reactive ketones (excluding diaryl/α,β-unsaturated/α-hetero) is 1. The molecule has 1 unspecified atom stereocenters. The Morgan fingerprint density at radius 1 is 1.00 bits per heavy atom. The second-order valence-electron chi connectivity index (χ2n) is 7.37. The molecule has 4 rings (SSSR count). The molecule has 0 aliphatic carbocycles. The van der Waals surface area contributed by atoms with Crippen LogP contribution in [-0.4, -0.2) is 27.8 Å². The van der Waals surface area contributed by atoms with E-state index in [1.54, 1.807) is 36.4 Å². The molecule has 0 radical (unpaired) electrons. The summed E-state index contributed by atoms with van der Waals surface area (Å²) in [5.74, 6) is 0.841. The minimum atomic E-state index is -0.424. The van der Waals surface area contributed by atoms with Gasteiger partial charge in [0.15, 0.2) is 12.4 Å². The molecule has 0 aliphatic heterocycles. The van der Waals surface area contributed by atoms with Gasteiger partial charge in [-0.15, -0.1) is 0 Å². The van der Waals surface area contributed by atoms with Crippen molar-refractivity contribution in [2.75, 3.05) is 6.61 Å². The summed E-state index contributed by atoms with van der Waals surface area (Å²) in [5.41, 5.74) is 2.23. The Balaban J connectivity index is 1.51. The maximum absolute atomic E-state index is 12.9. The molecule has 7 heteroatoms. The fourth-order valence-corrected chi connectivity index (χ4v) is 3.60. The first-order valence-electron chi connectivity index (χ1n) is 10.2. The number of ketones is 1. The summed E-state index contributed by atoms with van der Waals surface area (Å²) < 4.78 is 7.38. The number of fused-ring (bicyclic) bond motifs is 1. The molecule has 0 saturated carbocycles. The van der Waals surface area contributed by atoms with Crippen molar-refractivity contribution in [3.8, 4) is 5.75 Å². The highest BCUT2D eigenvalue weighted by Gasteiger charge is 2.20. The van der Waals surface area contributed by atoms with Crippen molar-refractivity contribution in [2.45, 2.75) is 19.5 Å². The van der Waals surface area contributed by atoms with Gasteiger partial charge in [0, 0.05) is 10.6 Å². The predicted octanol–water partition coefficient (Wildman–Crippen LogP) is 4.83. The molecule has 0 spiro atoms. The van der Waals surface area contributed by atoms with Crippen molar-refractivity contribution >= 4 is 34.3 Å². The molecule has 6 nitrogen and oxygen atoms in total. The molecule has 1 atom stereocenters. The molecule has 4 aromatic rings. The van der Waals surface area contributed by atoms with Crippen LogP contribution in [0.25, 0.3) is 11.0 Å². The van der Waals surface area contributed by atoms with Gasteiger partial charge in [-0.25, -0.2) is 4.98 Å². The van der Waals surface area contributed by atoms with E-state index in [9.17, 15) is 9.59 Å². The van der Waals surface area contributed by atoms with Crippen molar-refractivity contribution in [3.63, 3.8) is 0 Å². The van der Waals surface area contributed by atoms with E-state index in [-0.39, 0.29) is 24.8 Å². The average molecular weight is 448 g/mol. The van der Waals surface area contributed by atoms with Crippen LogP contribution in [0.4, 0.5) is 0 Å². The van der Waals surface area contributed by atoms with Crippen molar-refractivity contribution < 1.29 is 14.3 Å². The van der Waals surface area contributed by atoms with Gasteiger partial charge in [-0.3, -0.25) is 9.59 Å². The Morgan fingerprint density at radius 2 is 1.69 bits per heavy atom. The van der Waals surface area contributed by atoms with E-state index in [1.807, 2.05) is 54.0 Å². The van der Waals surface area contributed by atoms with Crippen molar-refractivity contribution in [1.29, 1.82) is 0 Å². The molecule has 3 aromatic carbocycles. The number of para-hydroxylation sites is 2. The number of nitrogens with zero attached hydrogens (tertiary/aromatic N) is 2. The van der Waals surface area contributed by atoms with E-state index >= 15 is 0 Å². The van der Waals surface area contributed by atoms with Crippen LogP contribution in [0.1, 0.15) is 29.1 Å². The predicted molar refractivity (Wildman–Crippen MR) is 124 cm³/mol. The highest BCUT2D eigenvalue weighted by Crippen LogP contribution is 2.22. The zero-order valence-electron chi connectivity index (χ0n) is 17.5. The minimum absolute atomic E-state index is 0.0281. The van der Waals surface area contributed by atoms with E-state index in [1.165, 1.54) is 0 Å². The molecule has 1 aromatic heterocycles. The van der Waals surface area contributed by atoms with Gasteiger partial charge >= 0.3 is 0 Å². The molecule has 0 fully saturated rings. The normalized spacial score (nSPS) is 11.8. The zero-order chi connectivity index (χ0) is 22.5. The number of hydrogen-bond donors (Lipinski definition) is 1. The summed E-state index contributed by atoms with van der Waals surface area (Å²) >= 11 is 5.87. The molecule has 32 heavy (non-hydrogen) atoms. The van der Waals surface area contributed by atoms with Gasteiger partial charge in [-0.2, -0.15) is 0 Å². The second kappa shape index (κ2) is 9.66. The van der Waals surface area contributed by atoms with Crippen LogP contribution in [0, 0.1) is 0 Å². The van der Waals surface area contributed by atoms with Crippen LogP contribution in [0.3, 0.4) is 0 Å². The van der Waals surface area contributed by atoms with Crippen LogP contribution in [0.2, 0.25) is 5.02 Å². The van der Waals surface area contributed by atoms with Crippen LogP contribution in [0.5, 0.6) is 5.75 Å². The number of carbonyl (C=O) groups excluding carboxylic acids is 2. The molecule has 1 heterocycles. The maximum Gasteiger partial charge on any atom is 0.258 e. The van der Waals surface area contributed by atoms with Crippen LogP contribution >= 0.6 is 11.6 Å². The lowest BCUT2D eigenvalue weighted by Gasteiger charge is -2.16. The Morgan fingerprint density at radius 3 is 2.44 bits per heavy atom. The van der Waals surface area contributed by atoms with Crippen LogP contribution < -0.4 is 10.1 Å². The molecule has 162 valence electrons. The van der Waals surface area contributed by atoms with Gasteiger partial charge in [0.25, 0.3) is 5.91 Å². The number of halogens is 1. The maximum atomic E-state index is 12.9. The lowest BCUT2D eigenvalue weighted by molar-refractivity contribution is -0.123. The largest absolute Gasteiger partial charge is 0.484 e. The third-order valence-corrected chi connectivity index (χ3v) is 5.28. The summed E-state index contributed by atoms with van der Waals surface area (Å²) in [6, 6.07) is 23.1. The number of nitrogens with one attached hydrogen (secondary N) is 1. The fraction of sp³-hybridized carbons (Fsp3) is 0.160. The molecule has 1 amide bonds. The third-order valence-electron chi connectivity index (χ3n) is 5.03. The zero-order valence-corrected chi connectivity index (χ0v) is 18.3. The second-order valence-corrected chi connectivity index (χ2v) is 7.80. The third kappa shape index (κ3) is 4.98. The van der Waals surface area contributed by atoms with E-state index in [2.05, 4.69) is 10.3 Å². The number of amides is 1. The van der Waals surface area contributed by atoms with Gasteiger partial charge in [-0.1, -0.05) is 54.1 Å². The van der Waals surface area contributed by atoms with Gasteiger partial charge in [0.05, 0.1) is 23.6 Å². The molecular weight excluding hydrogens is 426 g/mol. The minimum Gasteiger partial charge on any atom is -0.484 e. The highest BCUT2D eigenvalue weighted by atomic mass is 35.5. The smallest absolute Gasteiger partial charge is 0.258 e. The number of ether oxygens (including phenoxy) is 1. The van der Waals surface area contributed by atoms with Gasteiger partial charge in [0.1, 0.15) is 11.6 Å². The fourth-order valence-electron chi connectivity index (χ4n) is 3.48. The van der Waals surface area contributed by atoms with E-state index < -0.39 is 6.04 Å². The molecule has 0 saturated heterocycles. The lowest BCUT2D eigenvalue weighted by Crippen LogP contribution is -2.33. The number of imidazole rings is 1. The first-order valence-corrected chi connectivity index (χ1v) is 10.6. The highest BCUT2D eigenvalue weighted by molar-refractivity contribution is 6.30. The van der Waals surface area contributed by atoms with Crippen LogP contribution in [0.15, 0.2) is 78.9 Å².